The van der Waals surface area contributed by atoms with Crippen LogP contribution in [0.4, 0.5) is 0 Å². The molecular weight excluding hydrogens is 271 g/mol. The van der Waals surface area contributed by atoms with Gasteiger partial charge in [0.25, 0.3) is 5.91 Å². The van der Waals surface area contributed by atoms with Crippen LogP contribution in [0.2, 0.25) is 5.02 Å². The molecule has 1 heterocycles. The molecule has 1 aromatic carbocycles. The summed E-state index contributed by atoms with van der Waals surface area (Å²) in [6.45, 7) is 6.37. The molecule has 5 heteroatoms. The number of rotatable bonds is 1. The number of piperazine rings is 1. The molecule has 0 aliphatic carbocycles. The zero-order chi connectivity index (χ0) is 12.4. The van der Waals surface area contributed by atoms with E-state index in [1.54, 1.807) is 0 Å². The predicted molar refractivity (Wildman–Crippen MR) is 76.8 cm³/mol. The van der Waals surface area contributed by atoms with E-state index in [9.17, 15) is 4.79 Å². The summed E-state index contributed by atoms with van der Waals surface area (Å²) in [7, 11) is 0. The topological polar surface area (TPSA) is 32.3 Å². The number of halogens is 2. The van der Waals surface area contributed by atoms with Crippen molar-refractivity contribution in [2.45, 2.75) is 19.9 Å². The van der Waals surface area contributed by atoms with E-state index in [1.165, 1.54) is 0 Å². The first-order chi connectivity index (χ1) is 8.08. The van der Waals surface area contributed by atoms with Crippen LogP contribution < -0.4 is 5.32 Å². The molecule has 1 atom stereocenters. The van der Waals surface area contributed by atoms with Crippen LogP contribution in [0.1, 0.15) is 22.8 Å². The highest BCUT2D eigenvalue weighted by Crippen LogP contribution is 2.19. The Hall–Kier alpha value is -0.770. The molecule has 1 saturated heterocycles. The highest BCUT2D eigenvalue weighted by atomic mass is 35.5. The molecule has 1 fully saturated rings. The maximum atomic E-state index is 12.3. The Morgan fingerprint density at radius 1 is 1.50 bits per heavy atom. The quantitative estimate of drug-likeness (QED) is 0.861. The largest absolute Gasteiger partial charge is 0.336 e. The van der Waals surface area contributed by atoms with Crippen LogP contribution in [0.5, 0.6) is 0 Å². The first kappa shape index (κ1) is 15.3. The number of nitrogens with one attached hydrogen (secondary N) is 1. The minimum Gasteiger partial charge on any atom is -0.336 e. The third-order valence-electron chi connectivity index (χ3n) is 3.01. The molecular formula is C13H18Cl2N2O. The summed E-state index contributed by atoms with van der Waals surface area (Å²) in [4.78, 5) is 14.1. The van der Waals surface area contributed by atoms with Crippen molar-refractivity contribution < 1.29 is 4.79 Å². The van der Waals surface area contributed by atoms with Crippen LogP contribution in [-0.2, 0) is 0 Å². The fourth-order valence-electron chi connectivity index (χ4n) is 2.08. The Labute approximate surface area is 119 Å². The number of hydrogen-bond acceptors (Lipinski definition) is 2. The minimum absolute atomic E-state index is 0. The molecule has 1 amide bonds. The van der Waals surface area contributed by atoms with Crippen LogP contribution in [0.15, 0.2) is 18.2 Å². The van der Waals surface area contributed by atoms with Crippen LogP contribution in [-0.4, -0.2) is 36.5 Å². The van der Waals surface area contributed by atoms with Gasteiger partial charge in [-0.2, -0.15) is 0 Å². The zero-order valence-electron chi connectivity index (χ0n) is 10.6. The van der Waals surface area contributed by atoms with Gasteiger partial charge in [0.2, 0.25) is 0 Å². The molecule has 3 nitrogen and oxygen atoms in total. The van der Waals surface area contributed by atoms with Crippen LogP contribution in [0, 0.1) is 6.92 Å². The number of aryl methyl sites for hydroxylation is 1. The normalized spacial score (nSPS) is 19.3. The molecule has 0 aromatic heterocycles. The molecule has 1 aromatic rings. The summed E-state index contributed by atoms with van der Waals surface area (Å²) in [6.07, 6.45) is 0. The van der Waals surface area contributed by atoms with Crippen molar-refractivity contribution in [3.8, 4) is 0 Å². The van der Waals surface area contributed by atoms with E-state index in [0.29, 0.717) is 16.6 Å². The minimum atomic E-state index is 0. The molecule has 1 N–H and O–H groups in total. The van der Waals surface area contributed by atoms with Crippen LogP contribution >= 0.6 is 24.0 Å². The van der Waals surface area contributed by atoms with Crippen molar-refractivity contribution >= 4 is 29.9 Å². The van der Waals surface area contributed by atoms with Crippen molar-refractivity contribution in [2.24, 2.45) is 0 Å². The maximum absolute atomic E-state index is 12.3. The fourth-order valence-corrected chi connectivity index (χ4v) is 2.40. The second-order valence-electron chi connectivity index (χ2n) is 4.59. The molecule has 0 radical (unpaired) electrons. The monoisotopic (exact) mass is 288 g/mol. The molecule has 18 heavy (non-hydrogen) atoms. The lowest BCUT2D eigenvalue weighted by Crippen LogP contribution is -2.51. The summed E-state index contributed by atoms with van der Waals surface area (Å²) in [5.74, 6) is 0.0309. The van der Waals surface area contributed by atoms with Gasteiger partial charge in [-0.25, -0.2) is 0 Å². The fraction of sp³-hybridized carbons (Fsp3) is 0.462. The summed E-state index contributed by atoms with van der Waals surface area (Å²) < 4.78 is 0. The van der Waals surface area contributed by atoms with Crippen molar-refractivity contribution in [3.05, 3.63) is 34.3 Å². The van der Waals surface area contributed by atoms with Crippen molar-refractivity contribution in [2.75, 3.05) is 19.6 Å². The number of amides is 1. The first-order valence-corrected chi connectivity index (χ1v) is 6.24. The van der Waals surface area contributed by atoms with Gasteiger partial charge in [-0.15, -0.1) is 12.4 Å². The lowest BCUT2D eigenvalue weighted by Gasteiger charge is -2.32. The summed E-state index contributed by atoms with van der Waals surface area (Å²) in [5.41, 5.74) is 1.67. The van der Waals surface area contributed by atoms with E-state index >= 15 is 0 Å². The summed E-state index contributed by atoms with van der Waals surface area (Å²) in [6, 6.07) is 5.91. The third kappa shape index (κ3) is 3.37. The molecule has 0 bridgehead atoms. The Balaban J connectivity index is 0.00000162. The van der Waals surface area contributed by atoms with Gasteiger partial charge in [-0.1, -0.05) is 17.7 Å². The Kier molecular flexibility index (Phi) is 5.45. The molecule has 0 unspecified atom stereocenters. The van der Waals surface area contributed by atoms with E-state index < -0.39 is 0 Å². The van der Waals surface area contributed by atoms with Gasteiger partial charge in [0.15, 0.2) is 0 Å². The second kappa shape index (κ2) is 6.41. The van der Waals surface area contributed by atoms with Gasteiger partial charge in [0, 0.05) is 25.7 Å². The number of carbonyl (C=O) groups excluding carboxylic acids is 1. The number of hydrogen-bond donors (Lipinski definition) is 1. The molecule has 1 aliphatic heterocycles. The second-order valence-corrected chi connectivity index (χ2v) is 5.00. The number of carbonyl (C=O) groups is 1. The van der Waals surface area contributed by atoms with E-state index in [4.69, 9.17) is 11.6 Å². The third-order valence-corrected chi connectivity index (χ3v) is 3.32. The van der Waals surface area contributed by atoms with Crippen LogP contribution in [0.3, 0.4) is 0 Å². The summed E-state index contributed by atoms with van der Waals surface area (Å²) >= 11 is 6.12. The number of benzene rings is 1. The number of nitrogens with zero attached hydrogens (tertiary/aromatic N) is 1. The SMILES string of the molecule is Cc1ccc(C(=O)N2CCN[C@H](C)C2)c(Cl)c1.Cl. The van der Waals surface area contributed by atoms with Crippen molar-refractivity contribution in [3.63, 3.8) is 0 Å². The van der Waals surface area contributed by atoms with Gasteiger partial charge in [-0.3, -0.25) is 4.79 Å². The standard InChI is InChI=1S/C13H17ClN2O.ClH/c1-9-3-4-11(12(14)7-9)13(17)16-6-5-15-10(2)8-16;/h3-4,7,10,15H,5-6,8H2,1-2H3;1H/t10-;/m1./s1. The van der Waals surface area contributed by atoms with E-state index in [0.717, 1.165) is 25.2 Å². The zero-order valence-corrected chi connectivity index (χ0v) is 12.1. The van der Waals surface area contributed by atoms with E-state index in [-0.39, 0.29) is 18.3 Å². The Morgan fingerprint density at radius 3 is 2.83 bits per heavy atom. The highest BCUT2D eigenvalue weighted by Gasteiger charge is 2.22. The van der Waals surface area contributed by atoms with Gasteiger partial charge < -0.3 is 10.2 Å². The predicted octanol–water partition coefficient (Wildman–Crippen LogP) is 2.50. The van der Waals surface area contributed by atoms with Gasteiger partial charge in [0.05, 0.1) is 10.6 Å². The van der Waals surface area contributed by atoms with Gasteiger partial charge in [0.1, 0.15) is 0 Å². The summed E-state index contributed by atoms with van der Waals surface area (Å²) in [5, 5.41) is 3.86. The van der Waals surface area contributed by atoms with Gasteiger partial charge in [-0.05, 0) is 31.5 Å². The van der Waals surface area contributed by atoms with Crippen molar-refractivity contribution in [1.29, 1.82) is 0 Å². The maximum Gasteiger partial charge on any atom is 0.255 e. The van der Waals surface area contributed by atoms with Gasteiger partial charge >= 0.3 is 0 Å². The molecule has 0 spiro atoms. The van der Waals surface area contributed by atoms with E-state index in [1.807, 2.05) is 30.0 Å². The Bertz CT molecular complexity index is 437. The molecule has 2 rings (SSSR count). The Morgan fingerprint density at radius 2 is 2.22 bits per heavy atom. The van der Waals surface area contributed by atoms with E-state index in [2.05, 4.69) is 12.2 Å². The molecule has 0 saturated carbocycles. The average molecular weight is 289 g/mol. The molecule has 100 valence electrons. The molecule has 1 aliphatic rings. The van der Waals surface area contributed by atoms with Crippen molar-refractivity contribution in [1.82, 2.24) is 10.2 Å². The average Bonchev–Trinajstić information content (AvgIpc) is 2.28. The lowest BCUT2D eigenvalue weighted by molar-refractivity contribution is 0.0709. The highest BCUT2D eigenvalue weighted by molar-refractivity contribution is 6.33. The lowest BCUT2D eigenvalue weighted by atomic mass is 10.1. The first-order valence-electron chi connectivity index (χ1n) is 5.87. The van der Waals surface area contributed by atoms with Crippen LogP contribution in [0.25, 0.3) is 0 Å². The smallest absolute Gasteiger partial charge is 0.255 e.